The highest BCUT2D eigenvalue weighted by atomic mass is 32.2. The van der Waals surface area contributed by atoms with Crippen molar-refractivity contribution in [3.05, 3.63) is 22.6 Å². The number of carbonyl (C=O) groups excluding carboxylic acids is 2. The van der Waals surface area contributed by atoms with E-state index in [1.165, 1.54) is 30.0 Å². The number of β-lactam (4-membered cyclic amide) rings is 1. The van der Waals surface area contributed by atoms with Crippen LogP contribution in [0.4, 0.5) is 5.13 Å². The standard InChI is InChI=1S/C18H21N9O5S4/c1-7(16(30)31)32-25-10(12-22-17(20)36-26-12)13(28)21-11-14(29)27-4-8(5-33-15(11)27)6-34-18-24-23-9(35-18)2-3-19/h4,7,11,15H,2-3,5-6,19H2,1H3,(H,21,28)(H,30,31)(H2,20,22,26)/t7?,11?,15-/m0/s1. The number of rotatable bonds is 11. The van der Waals surface area contributed by atoms with Gasteiger partial charge in [-0.25, -0.2) is 4.79 Å². The van der Waals surface area contributed by atoms with Gasteiger partial charge in [0.2, 0.25) is 17.6 Å². The van der Waals surface area contributed by atoms with Gasteiger partial charge in [-0.05, 0) is 19.0 Å². The maximum atomic E-state index is 12.9. The van der Waals surface area contributed by atoms with E-state index in [0.717, 1.165) is 26.5 Å². The molecule has 6 N–H and O–H groups in total. The third kappa shape index (κ3) is 5.94. The Morgan fingerprint density at radius 3 is 2.94 bits per heavy atom. The molecule has 2 aromatic rings. The lowest BCUT2D eigenvalue weighted by Crippen LogP contribution is -2.69. The van der Waals surface area contributed by atoms with Crippen molar-refractivity contribution in [3.63, 3.8) is 0 Å². The summed E-state index contributed by atoms with van der Waals surface area (Å²) in [5.74, 6) is -1.13. The first-order valence-electron chi connectivity index (χ1n) is 10.4. The predicted molar refractivity (Wildman–Crippen MR) is 136 cm³/mol. The van der Waals surface area contributed by atoms with Crippen LogP contribution in [-0.2, 0) is 25.6 Å². The molecule has 3 atom stereocenters. The lowest BCUT2D eigenvalue weighted by atomic mass is 10.1. The second-order valence-electron chi connectivity index (χ2n) is 7.46. The number of nitrogens with two attached hydrogens (primary N) is 2. The highest BCUT2D eigenvalue weighted by Crippen LogP contribution is 2.37. The van der Waals surface area contributed by atoms with Crippen molar-refractivity contribution in [3.8, 4) is 0 Å². The van der Waals surface area contributed by atoms with Gasteiger partial charge in [-0.3, -0.25) is 9.59 Å². The summed E-state index contributed by atoms with van der Waals surface area (Å²) in [6, 6.07) is -0.798. The van der Waals surface area contributed by atoms with Gasteiger partial charge in [-0.15, -0.1) is 22.0 Å². The van der Waals surface area contributed by atoms with Crippen molar-refractivity contribution in [1.29, 1.82) is 0 Å². The van der Waals surface area contributed by atoms with Gasteiger partial charge in [-0.2, -0.15) is 9.36 Å². The van der Waals surface area contributed by atoms with Gasteiger partial charge in [0.25, 0.3) is 11.8 Å². The Labute approximate surface area is 221 Å². The number of nitrogen functional groups attached to an aromatic ring is 1. The van der Waals surface area contributed by atoms with Crippen LogP contribution in [0.5, 0.6) is 0 Å². The number of hydrogen-bond donors (Lipinski definition) is 4. The quantitative estimate of drug-likeness (QED) is 0.119. The Kier molecular flexibility index (Phi) is 8.39. The van der Waals surface area contributed by atoms with Crippen molar-refractivity contribution in [2.24, 2.45) is 10.9 Å². The number of hydrogen-bond acceptors (Lipinski definition) is 15. The largest absolute Gasteiger partial charge is 0.478 e. The topological polar surface area (TPSA) is 212 Å². The fourth-order valence-corrected chi connectivity index (χ4v) is 6.71. The summed E-state index contributed by atoms with van der Waals surface area (Å²) in [5, 5.41) is 24.2. The molecule has 0 aromatic carbocycles. The zero-order valence-corrected chi connectivity index (χ0v) is 22.0. The number of nitrogens with one attached hydrogen (secondary N) is 1. The summed E-state index contributed by atoms with van der Waals surface area (Å²) in [7, 11) is 0. The fraction of sp³-hybridized carbons (Fsp3) is 0.444. The summed E-state index contributed by atoms with van der Waals surface area (Å²) < 4.78 is 4.78. The maximum Gasteiger partial charge on any atom is 0.347 e. The minimum Gasteiger partial charge on any atom is -0.478 e. The lowest BCUT2D eigenvalue weighted by molar-refractivity contribution is -0.149. The zero-order chi connectivity index (χ0) is 25.8. The summed E-state index contributed by atoms with van der Waals surface area (Å²) >= 11 is 5.41. The number of aromatic nitrogens is 4. The van der Waals surface area contributed by atoms with Crippen molar-refractivity contribution in [2.45, 2.75) is 35.2 Å². The van der Waals surface area contributed by atoms with Gasteiger partial charge >= 0.3 is 5.97 Å². The van der Waals surface area contributed by atoms with Crippen LogP contribution >= 0.6 is 46.4 Å². The van der Waals surface area contributed by atoms with E-state index in [1.807, 2.05) is 0 Å². The van der Waals surface area contributed by atoms with Gasteiger partial charge in [0.1, 0.15) is 16.4 Å². The first-order chi connectivity index (χ1) is 17.3. The van der Waals surface area contributed by atoms with E-state index in [4.69, 9.17) is 21.4 Å². The minimum absolute atomic E-state index is 0.0881. The average molecular weight is 572 g/mol. The predicted octanol–water partition coefficient (Wildman–Crippen LogP) is -0.257. The first-order valence-corrected chi connectivity index (χ1v) is 14.0. The molecule has 36 heavy (non-hydrogen) atoms. The minimum atomic E-state index is -1.31. The van der Waals surface area contributed by atoms with Crippen LogP contribution in [0.25, 0.3) is 0 Å². The third-order valence-corrected chi connectivity index (χ3v) is 8.98. The number of carboxylic acid groups (broad SMARTS) is 1. The number of thioether (sulfide) groups is 2. The lowest BCUT2D eigenvalue weighted by Gasteiger charge is -2.47. The molecule has 1 saturated heterocycles. The molecule has 14 nitrogen and oxygen atoms in total. The van der Waals surface area contributed by atoms with Crippen LogP contribution in [0.3, 0.4) is 0 Å². The molecule has 1 fully saturated rings. The van der Waals surface area contributed by atoms with Crippen molar-refractivity contribution >= 4 is 75.0 Å². The van der Waals surface area contributed by atoms with Crippen LogP contribution in [0, 0.1) is 0 Å². The molecule has 0 bridgehead atoms. The molecule has 192 valence electrons. The van der Waals surface area contributed by atoms with Gasteiger partial charge in [0.05, 0.1) is 0 Å². The first kappa shape index (κ1) is 26.3. The molecule has 4 heterocycles. The Morgan fingerprint density at radius 1 is 1.44 bits per heavy atom. The van der Waals surface area contributed by atoms with Crippen LogP contribution in [0.15, 0.2) is 21.3 Å². The monoisotopic (exact) mass is 571 g/mol. The molecule has 2 aromatic heterocycles. The van der Waals surface area contributed by atoms with Gasteiger partial charge in [-0.1, -0.05) is 28.3 Å². The van der Waals surface area contributed by atoms with E-state index in [1.54, 1.807) is 22.9 Å². The van der Waals surface area contributed by atoms with Gasteiger partial charge in [0.15, 0.2) is 9.47 Å². The smallest absolute Gasteiger partial charge is 0.347 e. The summed E-state index contributed by atoms with van der Waals surface area (Å²) in [6.07, 6.45) is 1.18. The number of aliphatic carboxylic acids is 1. The van der Waals surface area contributed by atoms with Crippen molar-refractivity contribution < 1.29 is 24.3 Å². The number of nitrogens with zero attached hydrogens (tertiary/aromatic N) is 6. The van der Waals surface area contributed by atoms with Crippen molar-refractivity contribution in [2.75, 3.05) is 23.8 Å². The van der Waals surface area contributed by atoms with Gasteiger partial charge < -0.3 is 31.6 Å². The normalized spacial score (nSPS) is 20.3. The van der Waals surface area contributed by atoms with E-state index < -0.39 is 24.0 Å². The van der Waals surface area contributed by atoms with Crippen LogP contribution < -0.4 is 16.8 Å². The average Bonchev–Trinajstić information content (AvgIpc) is 3.49. The highest BCUT2D eigenvalue weighted by molar-refractivity contribution is 8.01. The number of anilines is 1. The molecule has 18 heteroatoms. The summed E-state index contributed by atoms with van der Waals surface area (Å²) in [5.41, 5.74) is 11.8. The van der Waals surface area contributed by atoms with Gasteiger partial charge in [0, 0.05) is 35.7 Å². The molecular weight excluding hydrogens is 551 g/mol. The molecule has 0 spiro atoms. The Balaban J connectivity index is 1.37. The molecule has 2 amide bonds. The second kappa shape index (κ2) is 11.5. The molecule has 0 radical (unpaired) electrons. The summed E-state index contributed by atoms with van der Waals surface area (Å²) in [6.45, 7) is 1.77. The van der Waals surface area contributed by atoms with E-state index in [-0.39, 0.29) is 27.9 Å². The van der Waals surface area contributed by atoms with E-state index in [9.17, 15) is 14.4 Å². The van der Waals surface area contributed by atoms with E-state index in [2.05, 4.69) is 30.0 Å². The van der Waals surface area contributed by atoms with Crippen LogP contribution in [-0.4, -0.2) is 88.6 Å². The molecule has 4 rings (SSSR count). The number of carbonyl (C=O) groups is 3. The number of amides is 2. The molecule has 2 aliphatic rings. The van der Waals surface area contributed by atoms with Crippen LogP contribution in [0.1, 0.15) is 17.8 Å². The number of carboxylic acids is 1. The van der Waals surface area contributed by atoms with E-state index in [0.29, 0.717) is 24.5 Å². The molecule has 2 unspecified atom stereocenters. The highest BCUT2D eigenvalue weighted by Gasteiger charge is 2.50. The number of oxime groups is 1. The number of fused-ring (bicyclic) bond motifs is 1. The SMILES string of the molecule is CC(ON=C(C(=O)NC1C(=O)N2C=C(CSc3nnc(CCN)s3)CS[C@@H]12)c1nsc(N)n1)C(=O)O. The molecule has 2 aliphatic heterocycles. The third-order valence-electron chi connectivity index (χ3n) is 4.83. The zero-order valence-electron chi connectivity index (χ0n) is 18.7. The molecular formula is C18H21N9O5S4. The Morgan fingerprint density at radius 2 is 2.25 bits per heavy atom. The summed E-state index contributed by atoms with van der Waals surface area (Å²) in [4.78, 5) is 47.1. The molecule has 0 aliphatic carbocycles. The fourth-order valence-electron chi connectivity index (χ4n) is 3.02. The molecule has 0 saturated carbocycles. The Bertz CT molecular complexity index is 1220. The van der Waals surface area contributed by atoms with Crippen molar-refractivity contribution in [1.82, 2.24) is 29.8 Å². The second-order valence-corrected chi connectivity index (χ2v) is 11.6. The Hall–Kier alpha value is -2.80. The van der Waals surface area contributed by atoms with Crippen LogP contribution in [0.2, 0.25) is 0 Å². The maximum absolute atomic E-state index is 12.9. The van der Waals surface area contributed by atoms with E-state index >= 15 is 0 Å².